The molecule has 1 aromatic carbocycles. The van der Waals surface area contributed by atoms with E-state index in [9.17, 15) is 9.59 Å². The number of nitrogens with two attached hydrogens (primary N) is 1. The monoisotopic (exact) mass is 398 g/mol. The largest absolute Gasteiger partial charge is 0.466 e. The van der Waals surface area contributed by atoms with Gasteiger partial charge in [-0.1, -0.05) is 0 Å². The molecule has 1 atom stereocenters. The van der Waals surface area contributed by atoms with E-state index in [4.69, 9.17) is 10.2 Å². The molecule has 0 spiro atoms. The highest BCUT2D eigenvalue weighted by molar-refractivity contribution is 7.98. The van der Waals surface area contributed by atoms with E-state index in [2.05, 4.69) is 10.4 Å². The highest BCUT2D eigenvalue weighted by Gasteiger charge is 2.21. The molecule has 0 fully saturated rings. The van der Waals surface area contributed by atoms with Gasteiger partial charge in [0.15, 0.2) is 0 Å². The van der Waals surface area contributed by atoms with Crippen LogP contribution in [0.25, 0.3) is 11.3 Å². The van der Waals surface area contributed by atoms with E-state index < -0.39 is 11.6 Å². The molecule has 3 N–H and O–H groups in total. The fourth-order valence-electron chi connectivity index (χ4n) is 2.84. The molecular formula is C20H22N4O3S. The smallest absolute Gasteiger partial charge is 0.290 e. The van der Waals surface area contributed by atoms with Gasteiger partial charge in [-0.05, 0) is 63.4 Å². The summed E-state index contributed by atoms with van der Waals surface area (Å²) in [6.07, 6.45) is 1.98. The third kappa shape index (κ3) is 3.96. The van der Waals surface area contributed by atoms with Crippen molar-refractivity contribution in [3.8, 4) is 11.3 Å². The van der Waals surface area contributed by atoms with Gasteiger partial charge in [-0.3, -0.25) is 9.59 Å². The minimum atomic E-state index is -0.844. The van der Waals surface area contributed by atoms with E-state index in [1.807, 2.05) is 50.4 Å². The van der Waals surface area contributed by atoms with E-state index in [-0.39, 0.29) is 11.6 Å². The number of furan rings is 1. The van der Waals surface area contributed by atoms with Crippen LogP contribution in [0.15, 0.2) is 50.5 Å². The second-order valence-corrected chi connectivity index (χ2v) is 7.33. The van der Waals surface area contributed by atoms with E-state index in [1.54, 1.807) is 18.7 Å². The molecule has 1 amide bonds. The van der Waals surface area contributed by atoms with Gasteiger partial charge in [0.05, 0.1) is 5.69 Å². The molecule has 146 valence electrons. The minimum absolute atomic E-state index is 0.0206. The van der Waals surface area contributed by atoms with E-state index in [0.717, 1.165) is 20.9 Å². The van der Waals surface area contributed by atoms with Gasteiger partial charge in [-0.15, -0.1) is 11.8 Å². The summed E-state index contributed by atoms with van der Waals surface area (Å²) in [4.78, 5) is 26.3. The fourth-order valence-corrected chi connectivity index (χ4v) is 3.25. The number of nitrogens with zero attached hydrogens (tertiary/aromatic N) is 2. The molecule has 7 nitrogen and oxygen atoms in total. The van der Waals surface area contributed by atoms with Crippen molar-refractivity contribution in [1.82, 2.24) is 9.78 Å². The number of carbonyl (C=O) groups is 1. The van der Waals surface area contributed by atoms with Gasteiger partial charge >= 0.3 is 0 Å². The summed E-state index contributed by atoms with van der Waals surface area (Å²) in [6, 6.07) is 9.94. The fraction of sp³-hybridized carbons (Fsp3) is 0.250. The summed E-state index contributed by atoms with van der Waals surface area (Å²) in [5.74, 6) is 1.04. The zero-order chi connectivity index (χ0) is 20.4. The molecule has 2 aromatic heterocycles. The van der Waals surface area contributed by atoms with Crippen LogP contribution < -0.4 is 16.6 Å². The Labute approximate surface area is 166 Å². The highest BCUT2D eigenvalue weighted by Crippen LogP contribution is 2.25. The van der Waals surface area contributed by atoms with E-state index in [1.165, 1.54) is 6.07 Å². The first-order chi connectivity index (χ1) is 13.3. The lowest BCUT2D eigenvalue weighted by Crippen LogP contribution is -2.34. The highest BCUT2D eigenvalue weighted by atomic mass is 32.2. The summed E-state index contributed by atoms with van der Waals surface area (Å²) in [5, 5.41) is 7.17. The normalized spacial score (nSPS) is 12.0. The lowest BCUT2D eigenvalue weighted by Gasteiger charge is -2.16. The van der Waals surface area contributed by atoms with Crippen LogP contribution in [0.4, 0.5) is 11.4 Å². The molecule has 0 saturated heterocycles. The second kappa shape index (κ2) is 7.93. The quantitative estimate of drug-likeness (QED) is 0.636. The van der Waals surface area contributed by atoms with Gasteiger partial charge in [0.2, 0.25) is 5.91 Å². The summed E-state index contributed by atoms with van der Waals surface area (Å²) >= 11 is 1.62. The van der Waals surface area contributed by atoms with Crippen molar-refractivity contribution in [2.75, 3.05) is 17.3 Å². The number of carbonyl (C=O) groups excluding carboxylic acids is 1. The van der Waals surface area contributed by atoms with Gasteiger partial charge in [-0.25, -0.2) is 4.68 Å². The maximum absolute atomic E-state index is 12.7. The predicted molar refractivity (Wildman–Crippen MR) is 112 cm³/mol. The maximum atomic E-state index is 12.7. The summed E-state index contributed by atoms with van der Waals surface area (Å²) in [7, 11) is 0. The molecule has 2 heterocycles. The molecule has 0 radical (unpaired) electrons. The third-order valence-corrected chi connectivity index (χ3v) is 5.13. The molecule has 1 unspecified atom stereocenters. The summed E-state index contributed by atoms with van der Waals surface area (Å²) < 4.78 is 6.64. The lowest BCUT2D eigenvalue weighted by atomic mass is 10.1. The van der Waals surface area contributed by atoms with Crippen LogP contribution >= 0.6 is 11.8 Å². The Morgan fingerprint density at radius 1 is 1.25 bits per heavy atom. The lowest BCUT2D eigenvalue weighted by molar-refractivity contribution is -0.119. The topological polar surface area (TPSA) is 103 Å². The number of aryl methyl sites for hydroxylation is 2. The standard InChI is InChI=1S/C20H22N4O3S/c1-11-9-16(13(3)27-11)18-10-17(21)20(26)24(23-18)12(2)19(25)22-14-5-7-15(28-4)8-6-14/h5-10,12H,21H2,1-4H3,(H,22,25). The van der Waals surface area contributed by atoms with Crippen LogP contribution in [0.5, 0.6) is 0 Å². The van der Waals surface area contributed by atoms with E-state index in [0.29, 0.717) is 17.1 Å². The molecule has 3 rings (SSSR count). The van der Waals surface area contributed by atoms with Crippen LogP contribution in [-0.2, 0) is 4.79 Å². The van der Waals surface area contributed by atoms with Gasteiger partial charge < -0.3 is 15.5 Å². The molecule has 8 heteroatoms. The van der Waals surface area contributed by atoms with Crippen molar-refractivity contribution in [3.05, 3.63) is 58.3 Å². The Hall–Kier alpha value is -3.00. The van der Waals surface area contributed by atoms with Gasteiger partial charge in [0, 0.05) is 16.1 Å². The number of nitrogen functional groups attached to an aromatic ring is 1. The van der Waals surface area contributed by atoms with Crippen LogP contribution in [0.2, 0.25) is 0 Å². The van der Waals surface area contributed by atoms with Gasteiger partial charge in [-0.2, -0.15) is 5.10 Å². The second-order valence-electron chi connectivity index (χ2n) is 6.46. The van der Waals surface area contributed by atoms with Crippen molar-refractivity contribution >= 4 is 29.0 Å². The van der Waals surface area contributed by atoms with Crippen molar-refractivity contribution in [3.63, 3.8) is 0 Å². The third-order valence-electron chi connectivity index (χ3n) is 4.38. The molecule has 3 aromatic rings. The molecule has 0 aliphatic carbocycles. The first kappa shape index (κ1) is 19.8. The summed E-state index contributed by atoms with van der Waals surface area (Å²) in [5.41, 5.74) is 7.27. The van der Waals surface area contributed by atoms with Crippen LogP contribution in [-0.4, -0.2) is 21.9 Å². The molecule has 28 heavy (non-hydrogen) atoms. The minimum Gasteiger partial charge on any atom is -0.466 e. The predicted octanol–water partition coefficient (Wildman–Crippen LogP) is 3.62. The van der Waals surface area contributed by atoms with Crippen molar-refractivity contribution < 1.29 is 9.21 Å². The molecule has 0 aliphatic heterocycles. The Morgan fingerprint density at radius 3 is 2.50 bits per heavy atom. The molecular weight excluding hydrogens is 376 g/mol. The first-order valence-corrected chi connectivity index (χ1v) is 9.94. The average Bonchev–Trinajstić information content (AvgIpc) is 3.02. The number of hydrogen-bond acceptors (Lipinski definition) is 6. The SMILES string of the molecule is CSc1ccc(NC(=O)C(C)n2nc(-c3cc(C)oc3C)cc(N)c2=O)cc1. The summed E-state index contributed by atoms with van der Waals surface area (Å²) in [6.45, 7) is 5.25. The number of amides is 1. The van der Waals surface area contributed by atoms with Crippen LogP contribution in [0.1, 0.15) is 24.5 Å². The Bertz CT molecular complexity index is 1070. The van der Waals surface area contributed by atoms with Crippen LogP contribution in [0, 0.1) is 13.8 Å². The first-order valence-electron chi connectivity index (χ1n) is 8.72. The van der Waals surface area contributed by atoms with Crippen molar-refractivity contribution in [1.29, 1.82) is 0 Å². The Balaban J connectivity index is 1.91. The average molecular weight is 398 g/mol. The molecule has 0 aliphatic rings. The zero-order valence-corrected chi connectivity index (χ0v) is 17.0. The number of aromatic nitrogens is 2. The van der Waals surface area contributed by atoms with E-state index >= 15 is 0 Å². The number of benzene rings is 1. The Kier molecular flexibility index (Phi) is 5.60. The number of nitrogens with one attached hydrogen (secondary N) is 1. The number of thioether (sulfide) groups is 1. The molecule has 0 bridgehead atoms. The number of anilines is 2. The van der Waals surface area contributed by atoms with Gasteiger partial charge in [0.1, 0.15) is 23.2 Å². The van der Waals surface area contributed by atoms with Crippen molar-refractivity contribution in [2.45, 2.75) is 31.7 Å². The maximum Gasteiger partial charge on any atom is 0.290 e. The van der Waals surface area contributed by atoms with Crippen LogP contribution in [0.3, 0.4) is 0 Å². The van der Waals surface area contributed by atoms with Gasteiger partial charge in [0.25, 0.3) is 5.56 Å². The number of hydrogen-bond donors (Lipinski definition) is 2. The van der Waals surface area contributed by atoms with Crippen molar-refractivity contribution in [2.24, 2.45) is 0 Å². The zero-order valence-electron chi connectivity index (χ0n) is 16.1. The Morgan fingerprint density at radius 2 is 1.93 bits per heavy atom. The number of rotatable bonds is 5. The molecule has 0 saturated carbocycles.